The van der Waals surface area contributed by atoms with Crippen LogP contribution in [0.3, 0.4) is 0 Å². The Bertz CT molecular complexity index is 130. The number of rotatable bonds is 0. The summed E-state index contributed by atoms with van der Waals surface area (Å²) in [6.07, 6.45) is 0.754. The van der Waals surface area contributed by atoms with Crippen molar-refractivity contribution in [3.05, 3.63) is 0 Å². The summed E-state index contributed by atoms with van der Waals surface area (Å²) in [5.74, 6) is -0.0185. The maximum absolute atomic E-state index is 9.02. The molecule has 3 heteroatoms. The van der Waals surface area contributed by atoms with Gasteiger partial charge in [-0.1, -0.05) is 0 Å². The van der Waals surface area contributed by atoms with Gasteiger partial charge in [0.25, 0.3) is 0 Å². The molecule has 1 rings (SSSR count). The zero-order valence-electron chi connectivity index (χ0n) is 5.12. The average Bonchev–Trinajstić information content (AvgIpc) is 2.13. The van der Waals surface area contributed by atoms with Crippen molar-refractivity contribution in [1.29, 1.82) is 5.26 Å². The largest absolute Gasteiger partial charge is 0.391 e. The second kappa shape index (κ2) is 2.34. The fourth-order valence-corrected chi connectivity index (χ4v) is 1.15. The summed E-state index contributed by atoms with van der Waals surface area (Å²) in [5.41, 5.74) is 5.44. The molecule has 0 heterocycles. The second-order valence-corrected chi connectivity index (χ2v) is 2.53. The lowest BCUT2D eigenvalue weighted by molar-refractivity contribution is 0.163. The Kier molecular flexibility index (Phi) is 1.70. The van der Waals surface area contributed by atoms with Crippen molar-refractivity contribution in [3.8, 4) is 6.07 Å². The van der Waals surface area contributed by atoms with E-state index in [4.69, 9.17) is 16.1 Å². The Morgan fingerprint density at radius 1 is 1.56 bits per heavy atom. The number of nitrogens with zero attached hydrogens (tertiary/aromatic N) is 1. The molecular weight excluding hydrogens is 116 g/mol. The highest BCUT2D eigenvalue weighted by Crippen LogP contribution is 2.23. The lowest BCUT2D eigenvalue weighted by atomic mass is 10.1. The van der Waals surface area contributed by atoms with E-state index in [9.17, 15) is 0 Å². The highest BCUT2D eigenvalue weighted by molar-refractivity contribution is 4.96. The summed E-state index contributed by atoms with van der Waals surface area (Å²) in [5, 5.41) is 17.4. The predicted molar refractivity (Wildman–Crippen MR) is 32.3 cm³/mol. The normalized spacial score (nSPS) is 42.6. The van der Waals surface area contributed by atoms with Crippen molar-refractivity contribution < 1.29 is 5.11 Å². The summed E-state index contributed by atoms with van der Waals surface area (Å²) >= 11 is 0. The Morgan fingerprint density at radius 3 is 2.44 bits per heavy atom. The average molecular weight is 126 g/mol. The molecule has 1 aliphatic rings. The summed E-state index contributed by atoms with van der Waals surface area (Å²) in [6, 6.07) is 1.91. The summed E-state index contributed by atoms with van der Waals surface area (Å²) in [7, 11) is 0. The molecule has 0 radical (unpaired) electrons. The first-order valence-electron chi connectivity index (χ1n) is 3.07. The Labute approximate surface area is 54.1 Å². The minimum atomic E-state index is -0.449. The monoisotopic (exact) mass is 126 g/mol. The molecular formula is C6H10N2O. The van der Waals surface area contributed by atoms with Crippen LogP contribution in [0.2, 0.25) is 0 Å². The van der Waals surface area contributed by atoms with Crippen molar-refractivity contribution in [2.24, 2.45) is 11.7 Å². The van der Waals surface area contributed by atoms with E-state index in [1.165, 1.54) is 0 Å². The van der Waals surface area contributed by atoms with E-state index in [0.29, 0.717) is 12.8 Å². The van der Waals surface area contributed by atoms with Gasteiger partial charge in [-0.05, 0) is 12.8 Å². The van der Waals surface area contributed by atoms with Crippen LogP contribution in [-0.2, 0) is 0 Å². The maximum atomic E-state index is 9.02. The topological polar surface area (TPSA) is 70.0 Å². The van der Waals surface area contributed by atoms with Gasteiger partial charge >= 0.3 is 0 Å². The van der Waals surface area contributed by atoms with Crippen LogP contribution in [0, 0.1) is 17.2 Å². The molecule has 9 heavy (non-hydrogen) atoms. The second-order valence-electron chi connectivity index (χ2n) is 2.53. The zero-order chi connectivity index (χ0) is 6.85. The summed E-state index contributed by atoms with van der Waals surface area (Å²) < 4.78 is 0. The molecule has 0 aliphatic heterocycles. The summed E-state index contributed by atoms with van der Waals surface area (Å²) in [6.45, 7) is 0. The van der Waals surface area contributed by atoms with E-state index in [1.54, 1.807) is 0 Å². The lowest BCUT2D eigenvalue weighted by Crippen LogP contribution is -2.28. The van der Waals surface area contributed by atoms with Gasteiger partial charge in [-0.2, -0.15) is 5.26 Å². The van der Waals surface area contributed by atoms with Gasteiger partial charge in [0.15, 0.2) is 0 Å². The van der Waals surface area contributed by atoms with Gasteiger partial charge in [0.2, 0.25) is 0 Å². The SMILES string of the molecule is N#CC1C[C@@H](N)[C@H](O)C1. The van der Waals surface area contributed by atoms with Gasteiger partial charge in [-0.15, -0.1) is 0 Å². The molecule has 0 spiro atoms. The van der Waals surface area contributed by atoms with Crippen molar-refractivity contribution in [3.63, 3.8) is 0 Å². The molecule has 1 fully saturated rings. The van der Waals surface area contributed by atoms with Gasteiger partial charge in [0, 0.05) is 6.04 Å². The Morgan fingerprint density at radius 2 is 2.22 bits per heavy atom. The van der Waals surface area contributed by atoms with E-state index in [2.05, 4.69) is 6.07 Å². The molecule has 0 amide bonds. The first kappa shape index (κ1) is 6.53. The fraction of sp³-hybridized carbons (Fsp3) is 0.833. The zero-order valence-corrected chi connectivity index (χ0v) is 5.12. The van der Waals surface area contributed by atoms with Gasteiger partial charge in [0.05, 0.1) is 18.1 Å². The van der Waals surface area contributed by atoms with Crippen LogP contribution in [0.5, 0.6) is 0 Å². The highest BCUT2D eigenvalue weighted by Gasteiger charge is 2.29. The quantitative estimate of drug-likeness (QED) is 0.464. The van der Waals surface area contributed by atoms with Crippen LogP contribution >= 0.6 is 0 Å². The number of hydrogen-bond acceptors (Lipinski definition) is 3. The van der Waals surface area contributed by atoms with E-state index in [0.717, 1.165) is 0 Å². The summed E-state index contributed by atoms with van der Waals surface area (Å²) in [4.78, 5) is 0. The molecule has 3 N–H and O–H groups in total. The molecule has 1 unspecified atom stereocenters. The fourth-order valence-electron chi connectivity index (χ4n) is 1.15. The molecule has 1 aliphatic carbocycles. The van der Waals surface area contributed by atoms with Crippen LogP contribution in [-0.4, -0.2) is 17.3 Å². The van der Waals surface area contributed by atoms with Crippen LogP contribution in [0.1, 0.15) is 12.8 Å². The van der Waals surface area contributed by atoms with Crippen LogP contribution in [0.25, 0.3) is 0 Å². The van der Waals surface area contributed by atoms with Crippen LogP contribution in [0.15, 0.2) is 0 Å². The molecule has 3 nitrogen and oxygen atoms in total. The van der Waals surface area contributed by atoms with Gasteiger partial charge in [-0.3, -0.25) is 0 Å². The number of nitriles is 1. The standard InChI is InChI=1S/C6H10N2O/c7-3-4-1-5(8)6(9)2-4/h4-6,9H,1-2,8H2/t4?,5-,6-/m1/s1. The molecule has 50 valence electrons. The van der Waals surface area contributed by atoms with E-state index < -0.39 is 6.10 Å². The van der Waals surface area contributed by atoms with Gasteiger partial charge < -0.3 is 10.8 Å². The van der Waals surface area contributed by atoms with Crippen LogP contribution in [0.4, 0.5) is 0 Å². The minimum absolute atomic E-state index is 0.0185. The number of aliphatic hydroxyl groups is 1. The van der Waals surface area contributed by atoms with Crippen molar-refractivity contribution in [2.75, 3.05) is 0 Å². The van der Waals surface area contributed by atoms with Crippen molar-refractivity contribution >= 4 is 0 Å². The number of hydrogen-bond donors (Lipinski definition) is 2. The first-order valence-corrected chi connectivity index (χ1v) is 3.07. The number of nitrogens with two attached hydrogens (primary N) is 1. The third kappa shape index (κ3) is 1.21. The Balaban J connectivity index is 2.46. The molecule has 1 saturated carbocycles. The molecule has 0 bridgehead atoms. The number of aliphatic hydroxyl groups excluding tert-OH is 1. The first-order chi connectivity index (χ1) is 4.24. The minimum Gasteiger partial charge on any atom is -0.391 e. The van der Waals surface area contributed by atoms with Crippen molar-refractivity contribution in [1.82, 2.24) is 0 Å². The molecule has 3 atom stereocenters. The Hall–Kier alpha value is -0.590. The highest BCUT2D eigenvalue weighted by atomic mass is 16.3. The third-order valence-electron chi connectivity index (χ3n) is 1.76. The van der Waals surface area contributed by atoms with Crippen molar-refractivity contribution in [2.45, 2.75) is 25.0 Å². The van der Waals surface area contributed by atoms with E-state index >= 15 is 0 Å². The van der Waals surface area contributed by atoms with Gasteiger partial charge in [-0.25, -0.2) is 0 Å². The molecule has 0 saturated heterocycles. The molecule has 0 aromatic heterocycles. The van der Waals surface area contributed by atoms with Crippen LogP contribution < -0.4 is 5.73 Å². The van der Waals surface area contributed by atoms with E-state index in [1.807, 2.05) is 0 Å². The maximum Gasteiger partial charge on any atom is 0.0704 e. The van der Waals surface area contributed by atoms with E-state index in [-0.39, 0.29) is 12.0 Å². The third-order valence-corrected chi connectivity index (χ3v) is 1.76. The van der Waals surface area contributed by atoms with Gasteiger partial charge in [0.1, 0.15) is 0 Å². The molecule has 0 aromatic rings. The smallest absolute Gasteiger partial charge is 0.0704 e. The predicted octanol–water partition coefficient (Wildman–Crippen LogP) is -0.392. The molecule has 0 aromatic carbocycles. The lowest BCUT2D eigenvalue weighted by Gasteiger charge is -2.04.